The van der Waals surface area contributed by atoms with Crippen LogP contribution in [0.5, 0.6) is 6.01 Å². The van der Waals surface area contributed by atoms with Crippen molar-refractivity contribution >= 4 is 28.3 Å². The number of fused-ring (bicyclic) bond motifs is 1. The Bertz CT molecular complexity index is 994. The topological polar surface area (TPSA) is 66.4 Å². The summed E-state index contributed by atoms with van der Waals surface area (Å²) in [6, 6.07) is 0.456. The van der Waals surface area contributed by atoms with Crippen LogP contribution in [0, 0.1) is 5.82 Å². The number of nitrogens with one attached hydrogen (secondary N) is 1. The van der Waals surface area contributed by atoms with Gasteiger partial charge in [-0.15, -0.1) is 0 Å². The summed E-state index contributed by atoms with van der Waals surface area (Å²) in [6.07, 6.45) is 6.30. The molecule has 1 atom stereocenters. The Balaban J connectivity index is 1.53. The second-order valence-electron chi connectivity index (χ2n) is 9.24. The van der Waals surface area contributed by atoms with Gasteiger partial charge in [-0.05, 0) is 51.7 Å². The molecule has 1 N–H and O–H groups in total. The van der Waals surface area contributed by atoms with Crippen molar-refractivity contribution in [3.63, 3.8) is 0 Å². The number of hydrogen-bond donors (Lipinski definition) is 1. The molecule has 2 saturated heterocycles. The average Bonchev–Trinajstić information content (AvgIpc) is 3.37. The Kier molecular flexibility index (Phi) is 6.11. The van der Waals surface area contributed by atoms with Crippen LogP contribution in [-0.4, -0.2) is 70.8 Å². The molecule has 5 heterocycles. The third-order valence-electron chi connectivity index (χ3n) is 7.45. The van der Waals surface area contributed by atoms with E-state index in [9.17, 15) is 0 Å². The minimum atomic E-state index is -0.595. The molecule has 0 unspecified atom stereocenters. The van der Waals surface area contributed by atoms with E-state index in [2.05, 4.69) is 38.9 Å². The second-order valence-corrected chi connectivity index (χ2v) is 9.60. The minimum Gasteiger partial charge on any atom is -0.461 e. The highest BCUT2D eigenvalue weighted by Gasteiger charge is 2.45. The molecular weight excluding hydrogens is 431 g/mol. The lowest BCUT2D eigenvalue weighted by Crippen LogP contribution is -2.44. The highest BCUT2D eigenvalue weighted by Crippen LogP contribution is 2.41. The first-order valence-electron chi connectivity index (χ1n) is 12.0. The van der Waals surface area contributed by atoms with Gasteiger partial charge in [-0.25, -0.2) is 9.37 Å². The molecule has 2 aromatic heterocycles. The number of pyridine rings is 1. The molecule has 0 spiro atoms. The molecule has 3 aliphatic rings. The molecule has 3 aliphatic heterocycles. The van der Waals surface area contributed by atoms with Gasteiger partial charge in [0, 0.05) is 25.6 Å². The molecule has 32 heavy (non-hydrogen) atoms. The van der Waals surface area contributed by atoms with Crippen LogP contribution >= 0.6 is 11.6 Å². The normalized spacial score (nSPS) is 22.0. The van der Waals surface area contributed by atoms with Crippen molar-refractivity contribution in [2.24, 2.45) is 0 Å². The number of rotatable bonds is 8. The van der Waals surface area contributed by atoms with Gasteiger partial charge in [0.05, 0.1) is 16.6 Å². The molecule has 2 aromatic rings. The first kappa shape index (κ1) is 22.0. The molecule has 0 aromatic carbocycles. The number of ether oxygens (including phenoxy) is 1. The van der Waals surface area contributed by atoms with E-state index in [1.54, 1.807) is 0 Å². The quantitative estimate of drug-likeness (QED) is 0.475. The van der Waals surface area contributed by atoms with Crippen LogP contribution in [0.15, 0.2) is 0 Å². The first-order chi connectivity index (χ1) is 15.6. The summed E-state index contributed by atoms with van der Waals surface area (Å²) in [7, 11) is 0. The number of likely N-dealkylation sites (N-methyl/N-ethyl adjacent to an activating group) is 1. The highest BCUT2D eigenvalue weighted by atomic mass is 35.5. The van der Waals surface area contributed by atoms with Gasteiger partial charge in [0.2, 0.25) is 0 Å². The fourth-order valence-electron chi connectivity index (χ4n) is 5.79. The third-order valence-corrected chi connectivity index (χ3v) is 7.70. The van der Waals surface area contributed by atoms with E-state index < -0.39 is 5.82 Å². The van der Waals surface area contributed by atoms with Gasteiger partial charge in [-0.1, -0.05) is 25.4 Å². The number of nitrogens with zero attached hydrogens (tertiary/aromatic N) is 5. The Labute approximate surface area is 193 Å². The Morgan fingerprint density at radius 3 is 2.69 bits per heavy atom. The molecule has 0 radical (unpaired) electrons. The van der Waals surface area contributed by atoms with Crippen molar-refractivity contribution in [3.05, 3.63) is 16.7 Å². The van der Waals surface area contributed by atoms with Crippen LogP contribution in [-0.2, 0) is 6.42 Å². The standard InChI is InChI=1S/C23H32ClFN6O/c1-3-15-13-16-17-19(18(25)20(24)27-16)28-22(29-21(17)31(15)12-9-26-4-2)32-14-23-7-5-10-30(23)11-6-8-23/h15,26H,3-14H2,1-2H3/t15-/m1/s1. The predicted molar refractivity (Wildman–Crippen MR) is 124 cm³/mol. The second kappa shape index (κ2) is 8.88. The summed E-state index contributed by atoms with van der Waals surface area (Å²) in [4.78, 5) is 18.5. The van der Waals surface area contributed by atoms with E-state index in [1.165, 1.54) is 12.8 Å². The molecule has 0 aliphatic carbocycles. The van der Waals surface area contributed by atoms with Gasteiger partial charge in [-0.2, -0.15) is 9.97 Å². The van der Waals surface area contributed by atoms with Gasteiger partial charge >= 0.3 is 6.01 Å². The maximum absolute atomic E-state index is 15.1. The predicted octanol–water partition coefficient (Wildman–Crippen LogP) is 3.58. The largest absolute Gasteiger partial charge is 0.461 e. The van der Waals surface area contributed by atoms with E-state index in [0.29, 0.717) is 24.2 Å². The maximum atomic E-state index is 15.1. The smallest absolute Gasteiger partial charge is 0.319 e. The van der Waals surface area contributed by atoms with Crippen LogP contribution in [0.2, 0.25) is 5.15 Å². The summed E-state index contributed by atoms with van der Waals surface area (Å²) in [5, 5.41) is 3.92. The molecule has 174 valence electrons. The molecule has 7 nitrogen and oxygen atoms in total. The highest BCUT2D eigenvalue weighted by molar-refractivity contribution is 6.30. The third kappa shape index (κ3) is 3.70. The zero-order valence-electron chi connectivity index (χ0n) is 19.0. The first-order valence-corrected chi connectivity index (χ1v) is 12.3. The molecule has 5 rings (SSSR count). The van der Waals surface area contributed by atoms with Crippen LogP contribution in [0.25, 0.3) is 10.9 Å². The van der Waals surface area contributed by atoms with Crippen LogP contribution in [0.4, 0.5) is 10.2 Å². The molecule has 0 amide bonds. The summed E-state index contributed by atoms with van der Waals surface area (Å²) in [6.45, 7) is 9.55. The fraction of sp³-hybridized carbons (Fsp3) is 0.696. The molecular formula is C23H32ClFN6O. The Morgan fingerprint density at radius 1 is 1.19 bits per heavy atom. The molecule has 0 bridgehead atoms. The summed E-state index contributed by atoms with van der Waals surface area (Å²) >= 11 is 6.17. The van der Waals surface area contributed by atoms with Gasteiger partial charge in [0.15, 0.2) is 11.0 Å². The molecule has 9 heteroatoms. The Hall–Kier alpha value is -1.77. The number of anilines is 1. The van der Waals surface area contributed by atoms with Gasteiger partial charge in [-0.3, -0.25) is 4.90 Å². The zero-order chi connectivity index (χ0) is 22.3. The number of hydrogen-bond acceptors (Lipinski definition) is 7. The van der Waals surface area contributed by atoms with Crippen molar-refractivity contribution in [3.8, 4) is 6.01 Å². The molecule has 2 fully saturated rings. The molecule has 0 saturated carbocycles. The monoisotopic (exact) mass is 462 g/mol. The van der Waals surface area contributed by atoms with Gasteiger partial charge in [0.1, 0.15) is 17.9 Å². The lowest BCUT2D eigenvalue weighted by Gasteiger charge is -2.37. The maximum Gasteiger partial charge on any atom is 0.319 e. The van der Waals surface area contributed by atoms with Crippen molar-refractivity contribution < 1.29 is 9.13 Å². The van der Waals surface area contributed by atoms with Crippen LogP contribution in [0.1, 0.15) is 51.6 Å². The van der Waals surface area contributed by atoms with Crippen molar-refractivity contribution in [1.82, 2.24) is 25.2 Å². The van der Waals surface area contributed by atoms with Crippen LogP contribution in [0.3, 0.4) is 0 Å². The Morgan fingerprint density at radius 2 is 1.97 bits per heavy atom. The van der Waals surface area contributed by atoms with Gasteiger partial charge < -0.3 is 15.0 Å². The average molecular weight is 463 g/mol. The number of aromatic nitrogens is 3. The van der Waals surface area contributed by atoms with E-state index in [0.717, 1.165) is 57.7 Å². The zero-order valence-corrected chi connectivity index (χ0v) is 19.7. The van der Waals surface area contributed by atoms with Crippen molar-refractivity contribution in [2.45, 2.75) is 64.0 Å². The minimum absolute atomic E-state index is 0.0752. The van der Waals surface area contributed by atoms with Gasteiger partial charge in [0.25, 0.3) is 0 Å². The SMILES string of the molecule is CCNCCN1c2nc(OCC34CCCN3CCC4)nc3c(F)c(Cl)nc(c23)C[C@H]1CC. The fourth-order valence-corrected chi connectivity index (χ4v) is 5.98. The van der Waals surface area contributed by atoms with E-state index in [-0.39, 0.29) is 28.3 Å². The summed E-state index contributed by atoms with van der Waals surface area (Å²) in [5.74, 6) is 0.119. The van der Waals surface area contributed by atoms with Crippen molar-refractivity contribution in [2.75, 3.05) is 44.2 Å². The van der Waals surface area contributed by atoms with E-state index in [4.69, 9.17) is 21.3 Å². The lowest BCUT2D eigenvalue weighted by atomic mass is 9.95. The number of halogens is 2. The van der Waals surface area contributed by atoms with Crippen LogP contribution < -0.4 is 15.0 Å². The van der Waals surface area contributed by atoms with Crippen molar-refractivity contribution in [1.29, 1.82) is 0 Å². The summed E-state index contributed by atoms with van der Waals surface area (Å²) < 4.78 is 21.3. The lowest BCUT2D eigenvalue weighted by molar-refractivity contribution is 0.108. The van der Waals surface area contributed by atoms with E-state index >= 15 is 4.39 Å². The van der Waals surface area contributed by atoms with E-state index in [1.807, 2.05) is 0 Å². The summed E-state index contributed by atoms with van der Waals surface area (Å²) in [5.41, 5.74) is 1.07.